The van der Waals surface area contributed by atoms with Crippen LogP contribution < -0.4 is 0 Å². The van der Waals surface area contributed by atoms with Gasteiger partial charge in [0.05, 0.1) is 11.0 Å². The van der Waals surface area contributed by atoms with Crippen LogP contribution in [0.2, 0.25) is 0 Å². The van der Waals surface area contributed by atoms with Gasteiger partial charge in [0.15, 0.2) is 11.6 Å². The molecule has 7 aromatic carbocycles. The van der Waals surface area contributed by atoms with Crippen molar-refractivity contribution < 1.29 is 4.42 Å². The average molecular weight is 719 g/mol. The van der Waals surface area contributed by atoms with Crippen molar-refractivity contribution in [1.29, 1.82) is 0 Å². The van der Waals surface area contributed by atoms with Gasteiger partial charge in [0.1, 0.15) is 11.3 Å². The smallest absolute Gasteiger partial charge is 0.238 e. The highest BCUT2D eigenvalue weighted by Crippen LogP contribution is 2.40. The predicted molar refractivity (Wildman–Crippen MR) is 228 cm³/mol. The Morgan fingerprint density at radius 1 is 0.411 bits per heavy atom. The zero-order valence-corrected chi connectivity index (χ0v) is 30.4. The number of rotatable bonds is 6. The molecule has 0 N–H and O–H groups in total. The minimum Gasteiger partial charge on any atom is -0.460 e. The molecule has 1 aliphatic rings. The minimum absolute atomic E-state index is 0.572. The van der Waals surface area contributed by atoms with Crippen LogP contribution in [0.5, 0.6) is 0 Å². The number of aromatic nitrogens is 4. The summed E-state index contributed by atoms with van der Waals surface area (Å²) in [6.07, 6.45) is 4.18. The number of fused-ring (bicyclic) bond motifs is 6. The van der Waals surface area contributed by atoms with Gasteiger partial charge in [0.2, 0.25) is 5.95 Å². The number of furan rings is 1. The molecule has 10 aromatic rings. The van der Waals surface area contributed by atoms with Crippen molar-refractivity contribution in [2.75, 3.05) is 0 Å². The second kappa shape index (κ2) is 13.2. The molecule has 11 rings (SSSR count). The van der Waals surface area contributed by atoms with Crippen molar-refractivity contribution in [1.82, 2.24) is 19.5 Å². The summed E-state index contributed by atoms with van der Waals surface area (Å²) in [5.74, 6) is 2.87. The normalized spacial score (nSPS) is 12.6. The Labute approximate surface area is 323 Å². The fourth-order valence-electron chi connectivity index (χ4n) is 8.18. The molecule has 0 saturated carbocycles. The van der Waals surface area contributed by atoms with Crippen molar-refractivity contribution in [3.63, 3.8) is 0 Å². The van der Waals surface area contributed by atoms with Crippen molar-refractivity contribution in [3.05, 3.63) is 193 Å². The highest BCUT2D eigenvalue weighted by Gasteiger charge is 2.21. The molecule has 0 aliphatic heterocycles. The number of hydrogen-bond donors (Lipinski definition) is 0. The minimum atomic E-state index is 0.572. The van der Waals surface area contributed by atoms with Gasteiger partial charge < -0.3 is 4.42 Å². The SMILES string of the molecule is C1=C(c2ccccc2)CCc2oc3ccc(-c4ccc5c6ccccc6n(-c6nc(-c7ccccc7)nc(-c7ccc(-c8ccccc8)cc7)n6)c5c4)cc3c21. The maximum atomic E-state index is 6.41. The van der Waals surface area contributed by atoms with E-state index in [2.05, 4.69) is 150 Å². The standard InChI is InChI=1S/C51H34N4O/c1-4-12-33(13-5-1)35-20-22-37(23-21-35)50-52-49(36-16-8-3-9-17-36)53-51(54-50)55-45-19-11-10-18-41(45)42-27-24-40(32-46(42)55)39-26-29-48-44(31-39)43-30-38(25-28-47(43)56-48)34-14-6-2-7-15-34/h1-24,26-27,29-32H,25,28H2. The quantitative estimate of drug-likeness (QED) is 0.172. The molecule has 3 heterocycles. The van der Waals surface area contributed by atoms with Gasteiger partial charge in [0, 0.05) is 39.3 Å². The molecule has 0 atom stereocenters. The topological polar surface area (TPSA) is 56.7 Å². The van der Waals surface area contributed by atoms with Crippen molar-refractivity contribution >= 4 is 44.4 Å². The molecule has 0 fully saturated rings. The summed E-state index contributed by atoms with van der Waals surface area (Å²) < 4.78 is 8.60. The van der Waals surface area contributed by atoms with E-state index >= 15 is 0 Å². The van der Waals surface area contributed by atoms with Gasteiger partial charge in [-0.1, -0.05) is 152 Å². The molecule has 5 heteroatoms. The van der Waals surface area contributed by atoms with E-state index in [0.717, 1.165) is 79.2 Å². The summed E-state index contributed by atoms with van der Waals surface area (Å²) in [5.41, 5.74) is 13.2. The lowest BCUT2D eigenvalue weighted by Crippen LogP contribution is -2.06. The first-order chi connectivity index (χ1) is 27.7. The molecule has 0 saturated heterocycles. The maximum Gasteiger partial charge on any atom is 0.238 e. The Morgan fingerprint density at radius 3 is 1.71 bits per heavy atom. The van der Waals surface area contributed by atoms with Gasteiger partial charge in [-0.3, -0.25) is 4.57 Å². The van der Waals surface area contributed by atoms with Crippen molar-refractivity contribution in [2.24, 2.45) is 0 Å². The molecule has 0 spiro atoms. The van der Waals surface area contributed by atoms with Gasteiger partial charge in [-0.15, -0.1) is 0 Å². The Hall–Kier alpha value is -7.37. The van der Waals surface area contributed by atoms with Gasteiger partial charge in [-0.2, -0.15) is 9.97 Å². The second-order valence-corrected chi connectivity index (χ2v) is 14.4. The van der Waals surface area contributed by atoms with E-state index < -0.39 is 0 Å². The second-order valence-electron chi connectivity index (χ2n) is 14.4. The van der Waals surface area contributed by atoms with Gasteiger partial charge in [0.25, 0.3) is 0 Å². The first-order valence-corrected chi connectivity index (χ1v) is 19.1. The van der Waals surface area contributed by atoms with Crippen LogP contribution in [0.1, 0.15) is 23.3 Å². The van der Waals surface area contributed by atoms with E-state index in [1.807, 2.05) is 36.4 Å². The molecule has 264 valence electrons. The molecule has 3 aromatic heterocycles. The molecule has 0 unspecified atom stereocenters. The Kier molecular flexibility index (Phi) is 7.56. The summed E-state index contributed by atoms with van der Waals surface area (Å²) in [5, 5.41) is 3.42. The van der Waals surface area contributed by atoms with Crippen molar-refractivity contribution in [3.8, 4) is 51.0 Å². The summed E-state index contributed by atoms with van der Waals surface area (Å²) in [6, 6.07) is 61.5. The van der Waals surface area contributed by atoms with Crippen LogP contribution in [0, 0.1) is 0 Å². The molecule has 0 radical (unpaired) electrons. The molecular weight excluding hydrogens is 685 g/mol. The highest BCUT2D eigenvalue weighted by molar-refractivity contribution is 6.10. The number of allylic oxidation sites excluding steroid dienone is 1. The van der Waals surface area contributed by atoms with Gasteiger partial charge in [-0.05, 0) is 70.2 Å². The van der Waals surface area contributed by atoms with Crippen LogP contribution >= 0.6 is 0 Å². The molecular formula is C51H34N4O. The Bertz CT molecular complexity index is 3110. The lowest BCUT2D eigenvalue weighted by molar-refractivity contribution is 0.548. The number of nitrogens with zero attached hydrogens (tertiary/aromatic N) is 4. The molecule has 1 aliphatic carbocycles. The van der Waals surface area contributed by atoms with Gasteiger partial charge >= 0.3 is 0 Å². The van der Waals surface area contributed by atoms with E-state index in [1.165, 1.54) is 22.3 Å². The largest absolute Gasteiger partial charge is 0.460 e. The lowest BCUT2D eigenvalue weighted by atomic mass is 9.91. The van der Waals surface area contributed by atoms with E-state index in [-0.39, 0.29) is 0 Å². The number of benzene rings is 7. The third kappa shape index (κ3) is 5.52. The van der Waals surface area contributed by atoms with Crippen LogP contribution in [-0.2, 0) is 6.42 Å². The van der Waals surface area contributed by atoms with Gasteiger partial charge in [-0.25, -0.2) is 4.98 Å². The van der Waals surface area contributed by atoms with Crippen LogP contribution in [0.3, 0.4) is 0 Å². The van der Waals surface area contributed by atoms with Crippen LogP contribution in [0.15, 0.2) is 180 Å². The number of hydrogen-bond acceptors (Lipinski definition) is 4. The zero-order valence-electron chi connectivity index (χ0n) is 30.4. The molecule has 0 bridgehead atoms. The first-order valence-electron chi connectivity index (χ1n) is 19.1. The average Bonchev–Trinajstić information content (AvgIpc) is 3.82. The van der Waals surface area contributed by atoms with E-state index in [4.69, 9.17) is 19.4 Å². The monoisotopic (exact) mass is 718 g/mol. The fourth-order valence-corrected chi connectivity index (χ4v) is 8.18. The summed E-state index contributed by atoms with van der Waals surface area (Å²) in [4.78, 5) is 15.4. The molecule has 5 nitrogen and oxygen atoms in total. The van der Waals surface area contributed by atoms with E-state index in [0.29, 0.717) is 17.6 Å². The fraction of sp³-hybridized carbons (Fsp3) is 0.0392. The van der Waals surface area contributed by atoms with Crippen LogP contribution in [-0.4, -0.2) is 19.5 Å². The predicted octanol–water partition coefficient (Wildman–Crippen LogP) is 12.9. The molecule has 56 heavy (non-hydrogen) atoms. The first kappa shape index (κ1) is 32.1. The van der Waals surface area contributed by atoms with Crippen LogP contribution in [0.25, 0.3) is 95.4 Å². The summed E-state index contributed by atoms with van der Waals surface area (Å²) in [6.45, 7) is 0. The summed E-state index contributed by atoms with van der Waals surface area (Å²) in [7, 11) is 0. The van der Waals surface area contributed by atoms with Crippen LogP contribution in [0.4, 0.5) is 0 Å². The zero-order chi connectivity index (χ0) is 37.0. The summed E-state index contributed by atoms with van der Waals surface area (Å²) >= 11 is 0. The third-order valence-electron chi connectivity index (χ3n) is 11.0. The third-order valence-corrected chi connectivity index (χ3v) is 11.0. The van der Waals surface area contributed by atoms with Crippen molar-refractivity contribution in [2.45, 2.75) is 12.8 Å². The Morgan fingerprint density at radius 2 is 0.964 bits per heavy atom. The number of aryl methyl sites for hydroxylation is 1. The maximum absolute atomic E-state index is 6.41. The lowest BCUT2D eigenvalue weighted by Gasteiger charge is -2.13. The van der Waals surface area contributed by atoms with E-state index in [9.17, 15) is 0 Å². The number of para-hydroxylation sites is 1. The van der Waals surface area contributed by atoms with E-state index in [1.54, 1.807) is 0 Å². The Balaban J connectivity index is 1.07. The highest BCUT2D eigenvalue weighted by atomic mass is 16.3. The molecule has 0 amide bonds.